The Morgan fingerprint density at radius 2 is 2.06 bits per heavy atom. The van der Waals surface area contributed by atoms with Crippen molar-refractivity contribution >= 4 is 5.97 Å². The van der Waals surface area contributed by atoms with Crippen LogP contribution in [0.4, 0.5) is 0 Å². The molecule has 2 unspecified atom stereocenters. The summed E-state index contributed by atoms with van der Waals surface area (Å²) >= 11 is 0. The number of ether oxygens (including phenoxy) is 2. The van der Waals surface area contributed by atoms with Gasteiger partial charge in [0, 0.05) is 6.42 Å². The molecule has 3 heteroatoms. The lowest BCUT2D eigenvalue weighted by atomic mass is 10.1. The molecule has 0 spiro atoms. The zero-order chi connectivity index (χ0) is 13.0. The Labute approximate surface area is 108 Å². The molecule has 0 heterocycles. The second-order valence-corrected chi connectivity index (χ2v) is 4.72. The van der Waals surface area contributed by atoms with Gasteiger partial charge in [0.05, 0.1) is 13.7 Å². The number of rotatable bonds is 6. The normalized spacial score (nSPS) is 21.4. The molecule has 0 bridgehead atoms. The van der Waals surface area contributed by atoms with Crippen molar-refractivity contribution in [3.8, 4) is 5.75 Å². The topological polar surface area (TPSA) is 35.5 Å². The molecule has 0 radical (unpaired) electrons. The highest BCUT2D eigenvalue weighted by Crippen LogP contribution is 2.50. The number of carbonyl (C=O) groups excluding carboxylic acids is 1. The lowest BCUT2D eigenvalue weighted by Crippen LogP contribution is -2.03. The smallest absolute Gasteiger partial charge is 0.305 e. The summed E-state index contributed by atoms with van der Waals surface area (Å²) in [6.07, 6.45) is 2.67. The Morgan fingerprint density at radius 3 is 2.67 bits per heavy atom. The maximum atomic E-state index is 11.3. The molecule has 3 nitrogen and oxygen atoms in total. The van der Waals surface area contributed by atoms with Crippen LogP contribution in [0.2, 0.25) is 0 Å². The van der Waals surface area contributed by atoms with E-state index >= 15 is 0 Å². The first-order chi connectivity index (χ1) is 8.74. The van der Waals surface area contributed by atoms with Crippen molar-refractivity contribution in [3.05, 3.63) is 29.8 Å². The molecule has 0 N–H and O–H groups in total. The third-order valence-electron chi connectivity index (χ3n) is 3.49. The maximum absolute atomic E-state index is 11.3. The first kappa shape index (κ1) is 12.9. The Balaban J connectivity index is 1.78. The molecule has 2 rings (SSSR count). The largest absolute Gasteiger partial charge is 0.497 e. The fraction of sp³-hybridized carbons (Fsp3) is 0.533. The highest BCUT2D eigenvalue weighted by Gasteiger charge is 2.37. The van der Waals surface area contributed by atoms with Crippen molar-refractivity contribution in [2.24, 2.45) is 5.92 Å². The van der Waals surface area contributed by atoms with E-state index in [0.29, 0.717) is 24.9 Å². The fourth-order valence-corrected chi connectivity index (χ4v) is 2.36. The molecular weight excluding hydrogens is 228 g/mol. The summed E-state index contributed by atoms with van der Waals surface area (Å²) in [6, 6.07) is 8.23. The Kier molecular flexibility index (Phi) is 4.24. The molecular formula is C15H20O3. The van der Waals surface area contributed by atoms with E-state index in [2.05, 4.69) is 12.1 Å². The minimum Gasteiger partial charge on any atom is -0.497 e. The van der Waals surface area contributed by atoms with E-state index in [1.807, 2.05) is 19.1 Å². The van der Waals surface area contributed by atoms with E-state index < -0.39 is 0 Å². The SMILES string of the molecule is CCOC(=O)CCC1CC1c1ccc(OC)cc1. The molecule has 98 valence electrons. The lowest BCUT2D eigenvalue weighted by molar-refractivity contribution is -0.143. The van der Waals surface area contributed by atoms with Crippen LogP contribution in [0.15, 0.2) is 24.3 Å². The van der Waals surface area contributed by atoms with Crippen LogP contribution in [0.25, 0.3) is 0 Å². The van der Waals surface area contributed by atoms with E-state index in [-0.39, 0.29) is 5.97 Å². The van der Waals surface area contributed by atoms with Gasteiger partial charge < -0.3 is 9.47 Å². The first-order valence-corrected chi connectivity index (χ1v) is 6.54. The van der Waals surface area contributed by atoms with Gasteiger partial charge in [0.2, 0.25) is 0 Å². The number of hydrogen-bond acceptors (Lipinski definition) is 3. The quantitative estimate of drug-likeness (QED) is 0.725. The highest BCUT2D eigenvalue weighted by molar-refractivity contribution is 5.69. The summed E-state index contributed by atoms with van der Waals surface area (Å²) in [5.41, 5.74) is 1.35. The van der Waals surface area contributed by atoms with Gasteiger partial charge in [-0.15, -0.1) is 0 Å². The van der Waals surface area contributed by atoms with Crippen molar-refractivity contribution in [1.29, 1.82) is 0 Å². The summed E-state index contributed by atoms with van der Waals surface area (Å²) in [5, 5.41) is 0. The Bertz CT molecular complexity index is 397. The summed E-state index contributed by atoms with van der Waals surface area (Å²) < 4.78 is 10.1. The molecule has 0 amide bonds. The van der Waals surface area contributed by atoms with Crippen molar-refractivity contribution < 1.29 is 14.3 Å². The van der Waals surface area contributed by atoms with E-state index in [4.69, 9.17) is 9.47 Å². The van der Waals surface area contributed by atoms with E-state index in [0.717, 1.165) is 12.2 Å². The highest BCUT2D eigenvalue weighted by atomic mass is 16.5. The van der Waals surface area contributed by atoms with Crippen LogP contribution < -0.4 is 4.74 Å². The molecule has 1 fully saturated rings. The van der Waals surface area contributed by atoms with Gasteiger partial charge in [-0.25, -0.2) is 0 Å². The van der Waals surface area contributed by atoms with Gasteiger partial charge in [0.1, 0.15) is 5.75 Å². The first-order valence-electron chi connectivity index (χ1n) is 6.54. The molecule has 1 aromatic rings. The predicted octanol–water partition coefficient (Wildman–Crippen LogP) is 3.14. The molecule has 0 aliphatic heterocycles. The van der Waals surface area contributed by atoms with Crippen LogP contribution in [0.1, 0.15) is 37.7 Å². The zero-order valence-corrected chi connectivity index (χ0v) is 11.0. The average molecular weight is 248 g/mol. The Morgan fingerprint density at radius 1 is 1.33 bits per heavy atom. The summed E-state index contributed by atoms with van der Waals surface area (Å²) in [7, 11) is 1.67. The third-order valence-corrected chi connectivity index (χ3v) is 3.49. The van der Waals surface area contributed by atoms with E-state index in [1.165, 1.54) is 12.0 Å². The van der Waals surface area contributed by atoms with Gasteiger partial charge >= 0.3 is 5.97 Å². The van der Waals surface area contributed by atoms with Gasteiger partial charge in [0.25, 0.3) is 0 Å². The molecule has 18 heavy (non-hydrogen) atoms. The van der Waals surface area contributed by atoms with Crippen LogP contribution in [0.3, 0.4) is 0 Å². The van der Waals surface area contributed by atoms with Crippen LogP contribution in [-0.4, -0.2) is 19.7 Å². The predicted molar refractivity (Wildman–Crippen MR) is 69.7 cm³/mol. The molecule has 1 aliphatic rings. The van der Waals surface area contributed by atoms with Gasteiger partial charge in [0.15, 0.2) is 0 Å². The number of methoxy groups -OCH3 is 1. The van der Waals surface area contributed by atoms with Gasteiger partial charge in [-0.1, -0.05) is 12.1 Å². The molecule has 2 atom stereocenters. The van der Waals surface area contributed by atoms with Crippen LogP contribution in [0.5, 0.6) is 5.75 Å². The lowest BCUT2D eigenvalue weighted by Gasteiger charge is -2.03. The van der Waals surface area contributed by atoms with Gasteiger partial charge in [-0.3, -0.25) is 4.79 Å². The molecule has 0 aromatic heterocycles. The minimum absolute atomic E-state index is 0.0714. The second kappa shape index (κ2) is 5.89. The number of carbonyl (C=O) groups is 1. The number of benzene rings is 1. The van der Waals surface area contributed by atoms with Gasteiger partial charge in [-0.05, 0) is 49.3 Å². The third kappa shape index (κ3) is 3.25. The zero-order valence-electron chi connectivity index (χ0n) is 11.0. The van der Waals surface area contributed by atoms with Crippen molar-refractivity contribution in [2.75, 3.05) is 13.7 Å². The summed E-state index contributed by atoms with van der Waals surface area (Å²) in [5.74, 6) is 2.08. The second-order valence-electron chi connectivity index (χ2n) is 4.72. The molecule has 1 aliphatic carbocycles. The van der Waals surface area contributed by atoms with Gasteiger partial charge in [-0.2, -0.15) is 0 Å². The minimum atomic E-state index is -0.0714. The van der Waals surface area contributed by atoms with Crippen LogP contribution in [0, 0.1) is 5.92 Å². The number of hydrogen-bond donors (Lipinski definition) is 0. The standard InChI is InChI=1S/C15H20O3/c1-3-18-15(16)9-6-12-10-14(12)11-4-7-13(17-2)8-5-11/h4-5,7-8,12,14H,3,6,9-10H2,1-2H3. The maximum Gasteiger partial charge on any atom is 0.305 e. The summed E-state index contributed by atoms with van der Waals surface area (Å²) in [6.45, 7) is 2.32. The van der Waals surface area contributed by atoms with Crippen molar-refractivity contribution in [3.63, 3.8) is 0 Å². The molecule has 0 saturated heterocycles. The monoisotopic (exact) mass is 248 g/mol. The van der Waals surface area contributed by atoms with E-state index in [1.54, 1.807) is 7.11 Å². The van der Waals surface area contributed by atoms with Crippen molar-refractivity contribution in [2.45, 2.75) is 32.1 Å². The fourth-order valence-electron chi connectivity index (χ4n) is 2.36. The van der Waals surface area contributed by atoms with E-state index in [9.17, 15) is 4.79 Å². The number of esters is 1. The van der Waals surface area contributed by atoms with Crippen LogP contribution >= 0.6 is 0 Å². The molecule has 1 aromatic carbocycles. The Hall–Kier alpha value is -1.51. The average Bonchev–Trinajstić information content (AvgIpc) is 3.16. The molecule has 1 saturated carbocycles. The summed E-state index contributed by atoms with van der Waals surface area (Å²) in [4.78, 5) is 11.3. The van der Waals surface area contributed by atoms with Crippen LogP contribution in [-0.2, 0) is 9.53 Å². The van der Waals surface area contributed by atoms with Crippen molar-refractivity contribution in [1.82, 2.24) is 0 Å².